The zero-order valence-corrected chi connectivity index (χ0v) is 13.8. The van der Waals surface area contributed by atoms with E-state index in [0.29, 0.717) is 28.7 Å². The molecule has 3 rings (SSSR count). The monoisotopic (exact) mass is 326 g/mol. The van der Waals surface area contributed by atoms with Gasteiger partial charge in [0.15, 0.2) is 23.0 Å². The molecular weight excluding hydrogens is 308 g/mol. The molecule has 0 unspecified atom stereocenters. The number of nitrogens with zero attached hydrogens (tertiary/aromatic N) is 1. The van der Waals surface area contributed by atoms with E-state index in [1.54, 1.807) is 39.3 Å². The smallest absolute Gasteiger partial charge is 0.228 e. The summed E-state index contributed by atoms with van der Waals surface area (Å²) in [5, 5.41) is 2.85. The number of carbonyl (C=O) groups is 1. The molecule has 3 aromatic rings. The molecule has 0 aliphatic carbocycles. The second-order valence-electron chi connectivity index (χ2n) is 5.33. The van der Waals surface area contributed by atoms with Gasteiger partial charge >= 0.3 is 0 Å². The van der Waals surface area contributed by atoms with Gasteiger partial charge in [-0.15, -0.1) is 0 Å². The Morgan fingerprint density at radius 3 is 2.67 bits per heavy atom. The maximum absolute atomic E-state index is 12.2. The minimum Gasteiger partial charge on any atom is -0.493 e. The quantitative estimate of drug-likeness (QED) is 0.778. The van der Waals surface area contributed by atoms with Crippen molar-refractivity contribution in [2.24, 2.45) is 0 Å². The highest BCUT2D eigenvalue weighted by Crippen LogP contribution is 2.29. The lowest BCUT2D eigenvalue weighted by molar-refractivity contribution is -0.115. The molecule has 6 heteroatoms. The van der Waals surface area contributed by atoms with Gasteiger partial charge in [0.05, 0.1) is 20.6 Å². The van der Waals surface area contributed by atoms with Crippen molar-refractivity contribution in [3.05, 3.63) is 47.9 Å². The molecule has 1 amide bonds. The molecular formula is C18H18N2O4. The topological polar surface area (TPSA) is 73.6 Å². The minimum atomic E-state index is -0.127. The van der Waals surface area contributed by atoms with Gasteiger partial charge in [0.1, 0.15) is 5.52 Å². The van der Waals surface area contributed by atoms with Crippen molar-refractivity contribution >= 4 is 22.7 Å². The number of nitrogens with one attached hydrogen (secondary N) is 1. The van der Waals surface area contributed by atoms with Crippen LogP contribution in [0.4, 0.5) is 5.69 Å². The molecule has 0 bridgehead atoms. The van der Waals surface area contributed by atoms with E-state index in [4.69, 9.17) is 13.9 Å². The lowest BCUT2D eigenvalue weighted by Gasteiger charge is -2.10. The number of carbonyl (C=O) groups excluding carboxylic acids is 1. The Labute approximate surface area is 139 Å². The van der Waals surface area contributed by atoms with Crippen LogP contribution in [-0.4, -0.2) is 25.1 Å². The summed E-state index contributed by atoms with van der Waals surface area (Å²) < 4.78 is 15.9. The number of aryl methyl sites for hydroxylation is 1. The van der Waals surface area contributed by atoms with Gasteiger partial charge < -0.3 is 19.2 Å². The number of methoxy groups -OCH3 is 2. The van der Waals surface area contributed by atoms with Crippen molar-refractivity contribution in [3.63, 3.8) is 0 Å². The standard InChI is InChI=1S/C18H18N2O4/c1-11-19-14-6-4-12(8-16(14)24-11)9-18(21)20-13-5-7-15(22-2)17(10-13)23-3/h4-8,10H,9H2,1-3H3,(H,20,21). The fraction of sp³-hybridized carbons (Fsp3) is 0.222. The molecule has 24 heavy (non-hydrogen) atoms. The third-order valence-corrected chi connectivity index (χ3v) is 3.59. The van der Waals surface area contributed by atoms with Crippen molar-refractivity contribution in [2.45, 2.75) is 13.3 Å². The SMILES string of the molecule is COc1ccc(NC(=O)Cc2ccc3nc(C)oc3c2)cc1OC. The Morgan fingerprint density at radius 2 is 1.92 bits per heavy atom. The summed E-state index contributed by atoms with van der Waals surface area (Å²) >= 11 is 0. The first-order valence-electron chi connectivity index (χ1n) is 7.47. The number of amides is 1. The number of aromatic nitrogens is 1. The van der Waals surface area contributed by atoms with Crippen LogP contribution in [0, 0.1) is 6.92 Å². The van der Waals surface area contributed by atoms with E-state index < -0.39 is 0 Å². The van der Waals surface area contributed by atoms with Crippen LogP contribution >= 0.6 is 0 Å². The lowest BCUT2D eigenvalue weighted by Crippen LogP contribution is -2.14. The van der Waals surface area contributed by atoms with Gasteiger partial charge in [-0.25, -0.2) is 4.98 Å². The molecule has 1 heterocycles. The largest absolute Gasteiger partial charge is 0.493 e. The normalized spacial score (nSPS) is 10.6. The van der Waals surface area contributed by atoms with Crippen molar-refractivity contribution in [1.29, 1.82) is 0 Å². The van der Waals surface area contributed by atoms with Crippen LogP contribution < -0.4 is 14.8 Å². The van der Waals surface area contributed by atoms with Gasteiger partial charge in [0, 0.05) is 18.7 Å². The maximum atomic E-state index is 12.2. The Morgan fingerprint density at radius 1 is 1.12 bits per heavy atom. The molecule has 0 fully saturated rings. The highest BCUT2D eigenvalue weighted by atomic mass is 16.5. The molecule has 1 aromatic heterocycles. The number of fused-ring (bicyclic) bond motifs is 1. The summed E-state index contributed by atoms with van der Waals surface area (Å²) in [5.74, 6) is 1.66. The van der Waals surface area contributed by atoms with Gasteiger partial charge in [-0.1, -0.05) is 6.07 Å². The fourth-order valence-corrected chi connectivity index (χ4v) is 2.50. The van der Waals surface area contributed by atoms with Crippen LogP contribution in [0.25, 0.3) is 11.1 Å². The molecule has 0 spiro atoms. The zero-order chi connectivity index (χ0) is 17.1. The van der Waals surface area contributed by atoms with E-state index >= 15 is 0 Å². The Kier molecular flexibility index (Phi) is 4.37. The fourth-order valence-electron chi connectivity index (χ4n) is 2.50. The summed E-state index contributed by atoms with van der Waals surface area (Å²) in [4.78, 5) is 16.5. The predicted octanol–water partition coefficient (Wildman–Crippen LogP) is 3.33. The summed E-state index contributed by atoms with van der Waals surface area (Å²) in [6.45, 7) is 1.80. The third kappa shape index (κ3) is 3.32. The number of benzene rings is 2. The zero-order valence-electron chi connectivity index (χ0n) is 13.8. The van der Waals surface area contributed by atoms with E-state index in [9.17, 15) is 4.79 Å². The summed E-state index contributed by atoms with van der Waals surface area (Å²) in [6, 6.07) is 10.8. The van der Waals surface area contributed by atoms with Crippen LogP contribution in [0.15, 0.2) is 40.8 Å². The van der Waals surface area contributed by atoms with Crippen molar-refractivity contribution in [2.75, 3.05) is 19.5 Å². The average Bonchev–Trinajstić information content (AvgIpc) is 2.93. The molecule has 124 valence electrons. The molecule has 0 saturated heterocycles. The lowest BCUT2D eigenvalue weighted by atomic mass is 10.1. The van der Waals surface area contributed by atoms with Crippen LogP contribution in [0.5, 0.6) is 11.5 Å². The van der Waals surface area contributed by atoms with Gasteiger partial charge in [-0.05, 0) is 29.8 Å². The highest BCUT2D eigenvalue weighted by Gasteiger charge is 2.10. The molecule has 0 atom stereocenters. The van der Waals surface area contributed by atoms with E-state index in [2.05, 4.69) is 10.3 Å². The molecule has 0 aliphatic rings. The Bertz CT molecular complexity index is 886. The number of hydrogen-bond donors (Lipinski definition) is 1. The van der Waals surface area contributed by atoms with E-state index in [-0.39, 0.29) is 12.3 Å². The van der Waals surface area contributed by atoms with Crippen LogP contribution in [0.2, 0.25) is 0 Å². The minimum absolute atomic E-state index is 0.127. The maximum Gasteiger partial charge on any atom is 0.228 e. The Hall–Kier alpha value is -3.02. The first-order valence-corrected chi connectivity index (χ1v) is 7.47. The van der Waals surface area contributed by atoms with Gasteiger partial charge in [-0.3, -0.25) is 4.79 Å². The van der Waals surface area contributed by atoms with Crippen LogP contribution in [0.1, 0.15) is 11.5 Å². The number of rotatable bonds is 5. The number of oxazole rings is 1. The van der Waals surface area contributed by atoms with Crippen molar-refractivity contribution in [1.82, 2.24) is 4.98 Å². The third-order valence-electron chi connectivity index (χ3n) is 3.59. The van der Waals surface area contributed by atoms with Crippen molar-refractivity contribution < 1.29 is 18.7 Å². The van der Waals surface area contributed by atoms with E-state index in [1.807, 2.05) is 18.2 Å². The summed E-state index contributed by atoms with van der Waals surface area (Å²) in [7, 11) is 3.12. The average molecular weight is 326 g/mol. The van der Waals surface area contributed by atoms with E-state index in [0.717, 1.165) is 11.1 Å². The molecule has 2 aromatic carbocycles. The summed E-state index contributed by atoms with van der Waals surface area (Å²) in [6.07, 6.45) is 0.240. The Balaban J connectivity index is 1.72. The molecule has 1 N–H and O–H groups in total. The van der Waals surface area contributed by atoms with Crippen LogP contribution in [0.3, 0.4) is 0 Å². The van der Waals surface area contributed by atoms with Crippen molar-refractivity contribution in [3.8, 4) is 11.5 Å². The van der Waals surface area contributed by atoms with E-state index in [1.165, 1.54) is 0 Å². The number of hydrogen-bond acceptors (Lipinski definition) is 5. The first-order chi connectivity index (χ1) is 11.6. The second kappa shape index (κ2) is 6.62. The van der Waals surface area contributed by atoms with Gasteiger partial charge in [0.2, 0.25) is 5.91 Å². The molecule has 6 nitrogen and oxygen atoms in total. The first kappa shape index (κ1) is 15.9. The molecule has 0 saturated carbocycles. The van der Waals surface area contributed by atoms with Crippen LogP contribution in [-0.2, 0) is 11.2 Å². The number of anilines is 1. The van der Waals surface area contributed by atoms with Gasteiger partial charge in [0.25, 0.3) is 0 Å². The predicted molar refractivity (Wildman–Crippen MR) is 90.6 cm³/mol. The second-order valence-corrected chi connectivity index (χ2v) is 5.33. The summed E-state index contributed by atoms with van der Waals surface area (Å²) in [5.41, 5.74) is 2.98. The molecule has 0 radical (unpaired) electrons. The highest BCUT2D eigenvalue weighted by molar-refractivity contribution is 5.93. The molecule has 0 aliphatic heterocycles. The number of ether oxygens (including phenoxy) is 2. The van der Waals surface area contributed by atoms with Gasteiger partial charge in [-0.2, -0.15) is 0 Å².